The van der Waals surface area contributed by atoms with Crippen LogP contribution in [0.15, 0.2) is 32.7 Å². The van der Waals surface area contributed by atoms with Gasteiger partial charge in [-0.25, -0.2) is 8.88 Å². The van der Waals surface area contributed by atoms with Gasteiger partial charge in [0.1, 0.15) is 0 Å². The standard InChI is InChI=1S/C8H4Cl2N2O5S/c9-11-6-3-4(18(15,16)17)1-2-5(6)7(13)12(10)8(11)14/h1-3H,(H,15,16,17). The van der Waals surface area contributed by atoms with Crippen molar-refractivity contribution in [2.75, 3.05) is 0 Å². The van der Waals surface area contributed by atoms with Gasteiger partial charge in [-0.1, -0.05) is 0 Å². The second-order valence-electron chi connectivity index (χ2n) is 3.30. The van der Waals surface area contributed by atoms with E-state index in [4.69, 9.17) is 28.1 Å². The molecule has 0 spiro atoms. The molecule has 18 heavy (non-hydrogen) atoms. The summed E-state index contributed by atoms with van der Waals surface area (Å²) in [5, 5.41) is -0.0630. The summed E-state index contributed by atoms with van der Waals surface area (Å²) in [7, 11) is -4.46. The average Bonchev–Trinajstić information content (AvgIpc) is 2.32. The molecule has 0 saturated carbocycles. The lowest BCUT2D eigenvalue weighted by molar-refractivity contribution is 0.483. The minimum absolute atomic E-state index is 0.0630. The van der Waals surface area contributed by atoms with E-state index in [0.29, 0.717) is 4.09 Å². The number of fused-ring (bicyclic) bond motifs is 1. The number of nitrogens with zero attached hydrogens (tertiary/aromatic N) is 2. The fourth-order valence-corrected chi connectivity index (χ4v) is 2.31. The highest BCUT2D eigenvalue weighted by atomic mass is 35.5. The summed E-state index contributed by atoms with van der Waals surface area (Å²) in [5.74, 6) is 0. The molecule has 1 aromatic heterocycles. The Bertz CT molecular complexity index is 867. The first-order chi connectivity index (χ1) is 8.23. The molecule has 1 heterocycles. The van der Waals surface area contributed by atoms with Gasteiger partial charge in [0.15, 0.2) is 0 Å². The molecule has 1 N–H and O–H groups in total. The van der Waals surface area contributed by atoms with Gasteiger partial charge in [-0.2, -0.15) is 12.5 Å². The van der Waals surface area contributed by atoms with Gasteiger partial charge in [0, 0.05) is 23.6 Å². The van der Waals surface area contributed by atoms with E-state index in [-0.39, 0.29) is 15.0 Å². The van der Waals surface area contributed by atoms with Crippen molar-refractivity contribution < 1.29 is 13.0 Å². The van der Waals surface area contributed by atoms with Crippen molar-refractivity contribution in [2.45, 2.75) is 4.90 Å². The van der Waals surface area contributed by atoms with Crippen LogP contribution in [-0.2, 0) is 10.1 Å². The van der Waals surface area contributed by atoms with Crippen molar-refractivity contribution in [3.8, 4) is 0 Å². The molecule has 96 valence electrons. The number of benzene rings is 1. The third kappa shape index (κ3) is 1.93. The van der Waals surface area contributed by atoms with E-state index < -0.39 is 26.3 Å². The van der Waals surface area contributed by atoms with Gasteiger partial charge in [0.05, 0.1) is 15.8 Å². The minimum atomic E-state index is -4.46. The molecule has 7 nitrogen and oxygen atoms in total. The molecule has 2 aromatic rings. The minimum Gasteiger partial charge on any atom is -0.282 e. The quantitative estimate of drug-likeness (QED) is 0.769. The van der Waals surface area contributed by atoms with E-state index in [1.807, 2.05) is 0 Å². The third-order valence-corrected chi connectivity index (χ3v) is 3.70. The lowest BCUT2D eigenvalue weighted by atomic mass is 10.2. The molecule has 1 aromatic carbocycles. The van der Waals surface area contributed by atoms with Crippen molar-refractivity contribution in [2.24, 2.45) is 0 Å². The molecule has 0 fully saturated rings. The number of aromatic nitrogens is 2. The maximum absolute atomic E-state index is 11.6. The molecule has 0 aliphatic rings. The van der Waals surface area contributed by atoms with Crippen LogP contribution in [0, 0.1) is 0 Å². The second kappa shape index (κ2) is 4.09. The van der Waals surface area contributed by atoms with Gasteiger partial charge < -0.3 is 0 Å². The van der Waals surface area contributed by atoms with Crippen LogP contribution in [0.3, 0.4) is 0 Å². The topological polar surface area (TPSA) is 98.4 Å². The molecular formula is C8H4Cl2N2O5S. The highest BCUT2D eigenvalue weighted by molar-refractivity contribution is 7.85. The number of hydrogen-bond acceptors (Lipinski definition) is 4. The summed E-state index contributed by atoms with van der Waals surface area (Å²) < 4.78 is 31.5. The molecule has 0 radical (unpaired) electrons. The van der Waals surface area contributed by atoms with Crippen LogP contribution in [0.5, 0.6) is 0 Å². The predicted octanol–water partition coefficient (Wildman–Crippen LogP) is 0.414. The monoisotopic (exact) mass is 310 g/mol. The van der Waals surface area contributed by atoms with Crippen molar-refractivity contribution in [1.82, 2.24) is 8.17 Å². The second-order valence-corrected chi connectivity index (χ2v) is 5.40. The fourth-order valence-electron chi connectivity index (χ4n) is 1.39. The molecule has 0 unspecified atom stereocenters. The van der Waals surface area contributed by atoms with Crippen LogP contribution < -0.4 is 11.2 Å². The van der Waals surface area contributed by atoms with Gasteiger partial charge in [-0.15, -0.1) is 0 Å². The Morgan fingerprint density at radius 2 is 1.72 bits per heavy atom. The molecule has 2 rings (SSSR count). The van der Waals surface area contributed by atoms with Crippen LogP contribution in [0.25, 0.3) is 10.9 Å². The summed E-state index contributed by atoms with van der Waals surface area (Å²) >= 11 is 11.0. The zero-order valence-corrected chi connectivity index (χ0v) is 10.7. The van der Waals surface area contributed by atoms with E-state index in [0.717, 1.165) is 18.2 Å². The summed E-state index contributed by atoms with van der Waals surface area (Å²) in [6.45, 7) is 0. The molecule has 0 aliphatic carbocycles. The smallest absolute Gasteiger partial charge is 0.282 e. The molecule has 0 saturated heterocycles. The largest absolute Gasteiger partial charge is 0.361 e. The van der Waals surface area contributed by atoms with E-state index in [1.165, 1.54) is 0 Å². The Labute approximate surface area is 110 Å². The SMILES string of the molecule is O=c1c2ccc(S(=O)(=O)O)cc2n(Cl)c(=O)n1Cl. The zero-order chi connectivity index (χ0) is 13.7. The summed E-state index contributed by atoms with van der Waals surface area (Å²) in [6, 6.07) is 2.99. The maximum Gasteiger partial charge on any atom is 0.361 e. The first-order valence-electron chi connectivity index (χ1n) is 4.35. The fraction of sp³-hybridized carbons (Fsp3) is 0. The van der Waals surface area contributed by atoms with E-state index in [9.17, 15) is 18.0 Å². The third-order valence-electron chi connectivity index (χ3n) is 2.22. The van der Waals surface area contributed by atoms with Crippen molar-refractivity contribution in [3.05, 3.63) is 39.0 Å². The van der Waals surface area contributed by atoms with E-state index in [2.05, 4.69) is 0 Å². The zero-order valence-electron chi connectivity index (χ0n) is 8.37. The van der Waals surface area contributed by atoms with Gasteiger partial charge in [-0.3, -0.25) is 9.35 Å². The van der Waals surface area contributed by atoms with E-state index in [1.54, 1.807) is 0 Å². The predicted molar refractivity (Wildman–Crippen MR) is 64.8 cm³/mol. The highest BCUT2D eigenvalue weighted by Gasteiger charge is 2.15. The van der Waals surface area contributed by atoms with Crippen LogP contribution in [0.2, 0.25) is 0 Å². The molecular weight excluding hydrogens is 307 g/mol. The van der Waals surface area contributed by atoms with Crippen molar-refractivity contribution in [1.29, 1.82) is 0 Å². The normalized spacial score (nSPS) is 11.9. The molecule has 10 heteroatoms. The Hall–Kier alpha value is -1.35. The highest BCUT2D eigenvalue weighted by Crippen LogP contribution is 2.16. The number of halogens is 2. The van der Waals surface area contributed by atoms with E-state index >= 15 is 0 Å². The van der Waals surface area contributed by atoms with Crippen LogP contribution in [0.4, 0.5) is 0 Å². The first kappa shape index (κ1) is 13.1. The maximum atomic E-state index is 11.6. The Balaban J connectivity index is 3.05. The summed E-state index contributed by atoms with van der Waals surface area (Å²) in [5.41, 5.74) is -2.04. The van der Waals surface area contributed by atoms with Crippen LogP contribution in [-0.4, -0.2) is 21.1 Å². The van der Waals surface area contributed by atoms with Crippen LogP contribution in [0.1, 0.15) is 0 Å². The lowest BCUT2D eigenvalue weighted by Crippen LogP contribution is -2.32. The van der Waals surface area contributed by atoms with Crippen molar-refractivity contribution >= 4 is 44.6 Å². The van der Waals surface area contributed by atoms with Gasteiger partial charge in [0.2, 0.25) is 0 Å². The van der Waals surface area contributed by atoms with Gasteiger partial charge in [-0.05, 0) is 18.2 Å². The average molecular weight is 311 g/mol. The van der Waals surface area contributed by atoms with Crippen molar-refractivity contribution in [3.63, 3.8) is 0 Å². The lowest BCUT2D eigenvalue weighted by Gasteiger charge is -2.04. The Kier molecular flexibility index (Phi) is 2.98. The molecule has 0 bridgehead atoms. The van der Waals surface area contributed by atoms with Gasteiger partial charge in [0.25, 0.3) is 15.7 Å². The van der Waals surface area contributed by atoms with Gasteiger partial charge >= 0.3 is 5.69 Å². The Morgan fingerprint density at radius 1 is 1.11 bits per heavy atom. The summed E-state index contributed by atoms with van der Waals surface area (Å²) in [4.78, 5) is 22.5. The number of rotatable bonds is 1. The summed E-state index contributed by atoms with van der Waals surface area (Å²) in [6.07, 6.45) is 0. The Morgan fingerprint density at radius 3 is 2.28 bits per heavy atom. The van der Waals surface area contributed by atoms with Crippen LogP contribution >= 0.6 is 23.6 Å². The molecule has 0 aliphatic heterocycles. The molecule has 0 amide bonds. The number of hydrogen-bond donors (Lipinski definition) is 1. The molecule has 0 atom stereocenters. The first-order valence-corrected chi connectivity index (χ1v) is 6.46.